The molecule has 1 saturated heterocycles. The number of hydrogen-bond acceptors (Lipinski definition) is 11. The van der Waals surface area contributed by atoms with Crippen LogP contribution in [-0.4, -0.2) is 129 Å². The first-order chi connectivity index (χ1) is 20.0. The molecule has 1 heterocycles. The number of rotatable bonds is 17. The van der Waals surface area contributed by atoms with Gasteiger partial charge in [-0.1, -0.05) is 13.8 Å². The summed E-state index contributed by atoms with van der Waals surface area (Å²) in [7, 11) is 0. The first-order valence-corrected chi connectivity index (χ1v) is 13.7. The molecule has 7 atom stereocenters. The number of amides is 6. The van der Waals surface area contributed by atoms with Gasteiger partial charge >= 0.3 is 5.97 Å². The molecule has 0 unspecified atom stereocenters. The molecule has 12 N–H and O–H groups in total. The zero-order chi connectivity index (χ0) is 33.0. The Morgan fingerprint density at radius 2 is 1.35 bits per heavy atom. The molecule has 1 aliphatic heterocycles. The Balaban J connectivity index is 3.08. The number of aliphatic hydroxyl groups excluding tert-OH is 3. The van der Waals surface area contributed by atoms with Gasteiger partial charge in [0.15, 0.2) is 0 Å². The van der Waals surface area contributed by atoms with Gasteiger partial charge < -0.3 is 58.1 Å². The lowest BCUT2D eigenvalue weighted by molar-refractivity contribution is -0.144. The van der Waals surface area contributed by atoms with Crippen molar-refractivity contribution in [3.05, 3.63) is 0 Å². The highest BCUT2D eigenvalue weighted by molar-refractivity contribution is 5.98. The minimum absolute atomic E-state index is 0.0791. The fraction of sp³-hybridized carbons (Fsp3) is 0.720. The van der Waals surface area contributed by atoms with Gasteiger partial charge in [0.05, 0.1) is 25.7 Å². The van der Waals surface area contributed by atoms with Gasteiger partial charge in [-0.05, 0) is 32.1 Å². The van der Waals surface area contributed by atoms with Gasteiger partial charge in [-0.2, -0.15) is 0 Å². The van der Waals surface area contributed by atoms with E-state index in [1.165, 1.54) is 11.8 Å². The maximum absolute atomic E-state index is 13.3. The number of likely N-dealkylation sites (tertiary alicyclic amines) is 1. The smallest absolute Gasteiger partial charge is 0.328 e. The molecule has 43 heavy (non-hydrogen) atoms. The van der Waals surface area contributed by atoms with E-state index in [9.17, 15) is 43.8 Å². The summed E-state index contributed by atoms with van der Waals surface area (Å²) in [5.41, 5.74) is 11.0. The molecule has 18 heteroatoms. The molecule has 1 fully saturated rings. The SMILES string of the molecule is CC(C)C[C@H](NC(=O)[C@@H]1CCCN1C(=O)[C@@H](N)[C@@H](C)O)C(=O)N[C@@H](CC(N)=O)C(=O)N[C@@H](CO)C(=O)N[C@@H](CO)C(=O)O. The lowest BCUT2D eigenvalue weighted by Gasteiger charge is -2.30. The highest BCUT2D eigenvalue weighted by Crippen LogP contribution is 2.19. The first-order valence-electron chi connectivity index (χ1n) is 13.7. The number of carbonyl (C=O) groups is 7. The summed E-state index contributed by atoms with van der Waals surface area (Å²) in [5.74, 6) is -7.25. The highest BCUT2D eigenvalue weighted by atomic mass is 16.4. The maximum atomic E-state index is 13.3. The number of carboxylic acids is 1. The lowest BCUT2D eigenvalue weighted by Crippen LogP contribution is -2.60. The second kappa shape index (κ2) is 17.3. The predicted octanol–water partition coefficient (Wildman–Crippen LogP) is -5.38. The third-order valence-corrected chi connectivity index (χ3v) is 6.63. The quantitative estimate of drug-likeness (QED) is 0.0731. The molecule has 6 amide bonds. The summed E-state index contributed by atoms with van der Waals surface area (Å²) < 4.78 is 0. The number of carbonyl (C=O) groups excluding carboxylic acids is 6. The predicted molar refractivity (Wildman–Crippen MR) is 147 cm³/mol. The van der Waals surface area contributed by atoms with E-state index >= 15 is 0 Å². The molecular weight excluding hydrogens is 574 g/mol. The van der Waals surface area contributed by atoms with Crippen molar-refractivity contribution >= 4 is 41.4 Å². The maximum Gasteiger partial charge on any atom is 0.328 e. The van der Waals surface area contributed by atoms with Crippen LogP contribution in [0.15, 0.2) is 0 Å². The van der Waals surface area contributed by atoms with Crippen molar-refractivity contribution in [2.75, 3.05) is 19.8 Å². The first kappa shape index (κ1) is 37.2. The Morgan fingerprint density at radius 1 is 0.837 bits per heavy atom. The standard InChI is InChI=1S/C25H43N7O11/c1-11(2)7-13(29-23(40)17-5-4-6-32(17)24(41)19(27)12(3)35)20(37)28-14(8-18(26)36)21(38)30-15(9-33)22(39)31-16(10-34)25(42)43/h11-17,19,33-35H,4-10,27H2,1-3H3,(H2,26,36)(H,28,37)(H,29,40)(H,30,38)(H,31,39)(H,42,43)/t12-,13+,14+,15+,16+,17+,19+/m1/s1. The molecule has 1 aliphatic rings. The van der Waals surface area contributed by atoms with E-state index in [4.69, 9.17) is 21.7 Å². The van der Waals surface area contributed by atoms with Crippen molar-refractivity contribution < 1.29 is 54.0 Å². The van der Waals surface area contributed by atoms with E-state index in [1.807, 2.05) is 5.32 Å². The van der Waals surface area contributed by atoms with Gasteiger partial charge in [0.2, 0.25) is 35.4 Å². The third kappa shape index (κ3) is 11.4. The molecular formula is C25H43N7O11. The van der Waals surface area contributed by atoms with Crippen LogP contribution in [0.3, 0.4) is 0 Å². The average Bonchev–Trinajstić information content (AvgIpc) is 3.42. The normalized spacial score (nSPS) is 18.9. The summed E-state index contributed by atoms with van der Waals surface area (Å²) in [6, 6.07) is -8.58. The highest BCUT2D eigenvalue weighted by Gasteiger charge is 2.39. The van der Waals surface area contributed by atoms with E-state index in [2.05, 4.69) is 16.0 Å². The summed E-state index contributed by atoms with van der Waals surface area (Å²) in [6.45, 7) is 3.09. The molecule has 0 bridgehead atoms. The number of primary amides is 1. The summed E-state index contributed by atoms with van der Waals surface area (Å²) >= 11 is 0. The second-order valence-electron chi connectivity index (χ2n) is 10.7. The van der Waals surface area contributed by atoms with Crippen molar-refractivity contribution in [2.45, 2.75) is 88.8 Å². The van der Waals surface area contributed by atoms with Crippen molar-refractivity contribution in [3.8, 4) is 0 Å². The van der Waals surface area contributed by atoms with Gasteiger partial charge in [-0.3, -0.25) is 28.8 Å². The third-order valence-electron chi connectivity index (χ3n) is 6.63. The van der Waals surface area contributed by atoms with Crippen LogP contribution in [0.1, 0.15) is 46.5 Å². The molecule has 0 spiro atoms. The summed E-state index contributed by atoms with van der Waals surface area (Å²) in [4.78, 5) is 88.4. The molecule has 0 aromatic heterocycles. The van der Waals surface area contributed by atoms with Crippen molar-refractivity contribution in [1.29, 1.82) is 0 Å². The topological polar surface area (TPSA) is 304 Å². The largest absolute Gasteiger partial charge is 0.480 e. The molecule has 0 aromatic rings. The van der Waals surface area contributed by atoms with Crippen LogP contribution in [0.2, 0.25) is 0 Å². The molecule has 0 saturated carbocycles. The number of nitrogens with two attached hydrogens (primary N) is 2. The number of carboxylic acid groups (broad SMARTS) is 1. The van der Waals surface area contributed by atoms with E-state index in [-0.39, 0.29) is 25.3 Å². The van der Waals surface area contributed by atoms with Crippen LogP contribution < -0.4 is 32.7 Å². The lowest BCUT2D eigenvalue weighted by atomic mass is 10.0. The van der Waals surface area contributed by atoms with Crippen molar-refractivity contribution in [2.24, 2.45) is 17.4 Å². The number of nitrogens with one attached hydrogen (secondary N) is 4. The molecule has 18 nitrogen and oxygen atoms in total. The zero-order valence-electron chi connectivity index (χ0n) is 24.3. The van der Waals surface area contributed by atoms with E-state index in [0.717, 1.165) is 0 Å². The number of aliphatic carboxylic acids is 1. The average molecular weight is 618 g/mol. The Morgan fingerprint density at radius 3 is 1.84 bits per heavy atom. The van der Waals surface area contributed by atoms with E-state index in [1.54, 1.807) is 13.8 Å². The fourth-order valence-electron chi connectivity index (χ4n) is 4.28. The Kier molecular flexibility index (Phi) is 14.9. The minimum atomic E-state index is -1.73. The van der Waals surface area contributed by atoms with Crippen molar-refractivity contribution in [1.82, 2.24) is 26.2 Å². The zero-order valence-corrected chi connectivity index (χ0v) is 24.3. The van der Waals surface area contributed by atoms with Gasteiger partial charge in [0.1, 0.15) is 36.3 Å². The number of hydrogen-bond donors (Lipinski definition) is 10. The summed E-state index contributed by atoms with van der Waals surface area (Å²) in [5, 5.41) is 46.2. The Labute approximate surface area is 247 Å². The second-order valence-corrected chi connectivity index (χ2v) is 10.7. The number of nitrogens with zero attached hydrogens (tertiary/aromatic N) is 1. The van der Waals surface area contributed by atoms with Crippen LogP contribution in [0, 0.1) is 5.92 Å². The van der Waals surface area contributed by atoms with Gasteiger partial charge in [-0.15, -0.1) is 0 Å². The molecule has 244 valence electrons. The van der Waals surface area contributed by atoms with Gasteiger partial charge in [-0.25, -0.2) is 4.79 Å². The molecule has 1 rings (SSSR count). The molecule has 0 radical (unpaired) electrons. The van der Waals surface area contributed by atoms with Crippen LogP contribution >= 0.6 is 0 Å². The fourth-order valence-corrected chi connectivity index (χ4v) is 4.28. The van der Waals surface area contributed by atoms with Crippen LogP contribution in [-0.2, 0) is 33.6 Å². The summed E-state index contributed by atoms with van der Waals surface area (Å²) in [6.07, 6.45) is -1.07. The molecule has 0 aliphatic carbocycles. The van der Waals surface area contributed by atoms with Gasteiger partial charge in [0, 0.05) is 6.54 Å². The van der Waals surface area contributed by atoms with Crippen molar-refractivity contribution in [3.63, 3.8) is 0 Å². The van der Waals surface area contributed by atoms with Crippen LogP contribution in [0.4, 0.5) is 0 Å². The van der Waals surface area contributed by atoms with E-state index in [0.29, 0.717) is 6.42 Å². The Hall–Kier alpha value is -3.87. The Bertz CT molecular complexity index is 1040. The van der Waals surface area contributed by atoms with E-state index < -0.39 is 103 Å². The monoisotopic (exact) mass is 617 g/mol. The van der Waals surface area contributed by atoms with Crippen LogP contribution in [0.5, 0.6) is 0 Å². The van der Waals surface area contributed by atoms with Gasteiger partial charge in [0.25, 0.3) is 0 Å². The van der Waals surface area contributed by atoms with Crippen LogP contribution in [0.25, 0.3) is 0 Å². The molecule has 0 aromatic carbocycles. The number of aliphatic hydroxyl groups is 3. The minimum Gasteiger partial charge on any atom is -0.480 e.